The van der Waals surface area contributed by atoms with Gasteiger partial charge in [0.25, 0.3) is 0 Å². The molecule has 0 aromatic heterocycles. The number of rotatable bonds is 4. The van der Waals surface area contributed by atoms with Gasteiger partial charge in [-0.15, -0.1) is 0 Å². The van der Waals surface area contributed by atoms with Gasteiger partial charge in [-0.2, -0.15) is 0 Å². The Kier molecular flexibility index (Phi) is 5.24. The number of thiocarbonyl (C=S) groups is 1. The molecule has 8 heteroatoms. The van der Waals surface area contributed by atoms with Crippen LogP contribution < -0.4 is 16.8 Å². The Labute approximate surface area is 91.8 Å². The predicted molar refractivity (Wildman–Crippen MR) is 56.6 cm³/mol. The number of carbonyl (C=O) groups is 3. The van der Waals surface area contributed by atoms with Crippen LogP contribution in [0.15, 0.2) is 0 Å². The van der Waals surface area contributed by atoms with E-state index in [9.17, 15) is 14.4 Å². The molecule has 0 atom stereocenters. The molecule has 0 bridgehead atoms. The Morgan fingerprint density at radius 1 is 1.33 bits per heavy atom. The first kappa shape index (κ1) is 13.3. The van der Waals surface area contributed by atoms with E-state index in [0.29, 0.717) is 0 Å². The molecule has 7 nitrogen and oxygen atoms in total. The van der Waals surface area contributed by atoms with Crippen molar-refractivity contribution in [3.63, 3.8) is 0 Å². The van der Waals surface area contributed by atoms with Gasteiger partial charge in [-0.3, -0.25) is 14.4 Å². The highest BCUT2D eigenvalue weighted by Gasteiger charge is 2.19. The van der Waals surface area contributed by atoms with Gasteiger partial charge in [0.15, 0.2) is 0 Å². The van der Waals surface area contributed by atoms with Crippen LogP contribution in [-0.4, -0.2) is 47.7 Å². The monoisotopic (exact) mass is 232 g/mol. The Morgan fingerprint density at radius 3 is 2.27 bits per heavy atom. The summed E-state index contributed by atoms with van der Waals surface area (Å²) in [6.45, 7) is -0.385. The quantitative estimate of drug-likeness (QED) is 0.361. The molecule has 84 valence electrons. The second kappa shape index (κ2) is 5.91. The molecule has 0 aromatic rings. The van der Waals surface area contributed by atoms with Crippen LogP contribution in [0.4, 0.5) is 0 Å². The van der Waals surface area contributed by atoms with Crippen molar-refractivity contribution >= 4 is 34.9 Å². The molecule has 0 rings (SSSR count). The standard InChI is InChI=1S/C7H12N4O3S/c1-11(3-4(8)12)7(14)6(13)10-2-5(9)15/h2-3H2,1H3,(H2,8,12)(H2,9,15)(H,10,13). The van der Waals surface area contributed by atoms with Gasteiger partial charge in [0.1, 0.15) is 0 Å². The van der Waals surface area contributed by atoms with Crippen molar-refractivity contribution in [3.05, 3.63) is 0 Å². The molecule has 0 aliphatic heterocycles. The van der Waals surface area contributed by atoms with Crippen molar-refractivity contribution in [1.29, 1.82) is 0 Å². The van der Waals surface area contributed by atoms with Gasteiger partial charge in [-0.05, 0) is 0 Å². The highest BCUT2D eigenvalue weighted by Crippen LogP contribution is 1.84. The zero-order valence-corrected chi connectivity index (χ0v) is 8.97. The van der Waals surface area contributed by atoms with E-state index in [0.717, 1.165) is 4.90 Å². The van der Waals surface area contributed by atoms with E-state index in [4.69, 9.17) is 11.5 Å². The number of carbonyl (C=O) groups excluding carboxylic acids is 3. The fraction of sp³-hybridized carbons (Fsp3) is 0.429. The number of amides is 3. The highest BCUT2D eigenvalue weighted by molar-refractivity contribution is 7.80. The van der Waals surface area contributed by atoms with Crippen LogP contribution >= 0.6 is 12.2 Å². The zero-order valence-electron chi connectivity index (χ0n) is 8.15. The number of nitrogens with one attached hydrogen (secondary N) is 1. The van der Waals surface area contributed by atoms with Crippen LogP contribution in [-0.2, 0) is 14.4 Å². The Bertz CT molecular complexity index is 305. The third-order valence-corrected chi connectivity index (χ3v) is 1.50. The normalized spacial score (nSPS) is 9.13. The lowest BCUT2D eigenvalue weighted by Gasteiger charge is -2.13. The summed E-state index contributed by atoms with van der Waals surface area (Å²) in [5.41, 5.74) is 9.96. The predicted octanol–water partition coefficient (Wildman–Crippen LogP) is -2.67. The van der Waals surface area contributed by atoms with E-state index in [2.05, 4.69) is 17.5 Å². The van der Waals surface area contributed by atoms with Crippen LogP contribution in [0.25, 0.3) is 0 Å². The lowest BCUT2D eigenvalue weighted by Crippen LogP contribution is -2.45. The maximum absolute atomic E-state index is 11.2. The molecule has 0 radical (unpaired) electrons. The van der Waals surface area contributed by atoms with Crippen molar-refractivity contribution in [2.75, 3.05) is 20.1 Å². The number of hydrogen-bond donors (Lipinski definition) is 3. The summed E-state index contributed by atoms with van der Waals surface area (Å²) in [6, 6.07) is 0. The van der Waals surface area contributed by atoms with E-state index in [-0.39, 0.29) is 18.1 Å². The average molecular weight is 232 g/mol. The minimum atomic E-state index is -0.883. The van der Waals surface area contributed by atoms with Gasteiger partial charge in [0.05, 0.1) is 18.1 Å². The van der Waals surface area contributed by atoms with Crippen LogP contribution in [0.2, 0.25) is 0 Å². The van der Waals surface area contributed by atoms with Crippen LogP contribution in [0, 0.1) is 0 Å². The summed E-state index contributed by atoms with van der Waals surface area (Å²) in [4.78, 5) is 33.7. The van der Waals surface area contributed by atoms with Crippen molar-refractivity contribution in [2.24, 2.45) is 11.5 Å². The Balaban J connectivity index is 4.13. The lowest BCUT2D eigenvalue weighted by atomic mass is 10.4. The van der Waals surface area contributed by atoms with Crippen LogP contribution in [0.5, 0.6) is 0 Å². The van der Waals surface area contributed by atoms with Gasteiger partial charge >= 0.3 is 11.8 Å². The van der Waals surface area contributed by atoms with Crippen molar-refractivity contribution < 1.29 is 14.4 Å². The maximum Gasteiger partial charge on any atom is 0.312 e. The molecule has 0 aliphatic rings. The minimum absolute atomic E-state index is 0.0636. The summed E-state index contributed by atoms with van der Waals surface area (Å²) in [5, 5.41) is 2.19. The largest absolute Gasteiger partial charge is 0.392 e. The van der Waals surface area contributed by atoms with E-state index in [1.165, 1.54) is 7.05 Å². The molecular weight excluding hydrogens is 220 g/mol. The van der Waals surface area contributed by atoms with Gasteiger partial charge < -0.3 is 21.7 Å². The number of nitrogens with zero attached hydrogens (tertiary/aromatic N) is 1. The summed E-state index contributed by atoms with van der Waals surface area (Å²) < 4.78 is 0. The molecule has 0 aromatic carbocycles. The number of likely N-dealkylation sites (N-methyl/N-ethyl adjacent to an activating group) is 1. The van der Waals surface area contributed by atoms with E-state index in [1.54, 1.807) is 0 Å². The van der Waals surface area contributed by atoms with Crippen LogP contribution in [0.1, 0.15) is 0 Å². The molecule has 15 heavy (non-hydrogen) atoms. The van der Waals surface area contributed by atoms with Gasteiger partial charge in [0, 0.05) is 7.05 Å². The van der Waals surface area contributed by atoms with Crippen molar-refractivity contribution in [3.8, 4) is 0 Å². The molecule has 0 aliphatic carbocycles. The van der Waals surface area contributed by atoms with Gasteiger partial charge in [0.2, 0.25) is 5.91 Å². The first-order valence-electron chi connectivity index (χ1n) is 3.94. The molecule has 0 spiro atoms. The fourth-order valence-electron chi connectivity index (χ4n) is 0.722. The van der Waals surface area contributed by atoms with E-state index < -0.39 is 17.7 Å². The van der Waals surface area contributed by atoms with E-state index in [1.807, 2.05) is 0 Å². The second-order valence-electron chi connectivity index (χ2n) is 2.78. The first-order valence-corrected chi connectivity index (χ1v) is 4.35. The third kappa shape index (κ3) is 5.57. The lowest BCUT2D eigenvalue weighted by molar-refractivity contribution is -0.145. The summed E-state index contributed by atoms with van der Waals surface area (Å²) in [6.07, 6.45) is 0. The number of nitrogens with two attached hydrogens (primary N) is 2. The molecule has 5 N–H and O–H groups in total. The Morgan fingerprint density at radius 2 is 1.87 bits per heavy atom. The minimum Gasteiger partial charge on any atom is -0.392 e. The molecule has 3 amide bonds. The number of primary amides is 1. The molecule has 0 saturated carbocycles. The molecule has 0 unspecified atom stereocenters. The summed E-state index contributed by atoms with van der Waals surface area (Å²) in [5.74, 6) is -2.45. The first-order chi connectivity index (χ1) is 6.84. The van der Waals surface area contributed by atoms with E-state index >= 15 is 0 Å². The van der Waals surface area contributed by atoms with Gasteiger partial charge in [-0.1, -0.05) is 12.2 Å². The fourth-order valence-corrected chi connectivity index (χ4v) is 0.794. The maximum atomic E-state index is 11.2. The summed E-state index contributed by atoms with van der Waals surface area (Å²) >= 11 is 4.50. The molecule has 0 fully saturated rings. The SMILES string of the molecule is CN(CC(N)=O)C(=O)C(=O)NCC(N)=S. The average Bonchev–Trinajstić information content (AvgIpc) is 2.11. The second-order valence-corrected chi connectivity index (χ2v) is 3.30. The highest BCUT2D eigenvalue weighted by atomic mass is 32.1. The third-order valence-electron chi connectivity index (χ3n) is 1.36. The topological polar surface area (TPSA) is 119 Å². The van der Waals surface area contributed by atoms with Gasteiger partial charge in [-0.25, -0.2) is 0 Å². The molecule has 0 heterocycles. The smallest absolute Gasteiger partial charge is 0.312 e. The van der Waals surface area contributed by atoms with Crippen molar-refractivity contribution in [1.82, 2.24) is 10.2 Å². The molecule has 0 saturated heterocycles. The molecular formula is C7H12N4O3S. The Hall–Kier alpha value is -1.70. The van der Waals surface area contributed by atoms with Crippen molar-refractivity contribution in [2.45, 2.75) is 0 Å². The zero-order chi connectivity index (χ0) is 12.0. The van der Waals surface area contributed by atoms with Crippen LogP contribution in [0.3, 0.4) is 0 Å². The number of hydrogen-bond acceptors (Lipinski definition) is 4. The summed E-state index contributed by atoms with van der Waals surface area (Å²) in [7, 11) is 1.29.